The number of hydrogen-bond donors (Lipinski definition) is 3. The molecule has 3 N–H and O–H groups in total. The summed E-state index contributed by atoms with van der Waals surface area (Å²) in [5.74, 6) is 2.16. The van der Waals surface area contributed by atoms with Crippen LogP contribution in [-0.2, 0) is 5.75 Å². The molecule has 0 aliphatic rings. The normalized spacial score (nSPS) is 10.3. The average Bonchev–Trinajstić information content (AvgIpc) is 2.95. The van der Waals surface area contributed by atoms with Crippen molar-refractivity contribution in [2.45, 2.75) is 10.9 Å². The summed E-state index contributed by atoms with van der Waals surface area (Å²) in [6.45, 7) is 7.45. The Morgan fingerprint density at radius 3 is 2.31 bits per heavy atom. The lowest BCUT2D eigenvalue weighted by atomic mass is 10.1. The molecule has 0 bridgehead atoms. The Morgan fingerprint density at radius 1 is 0.923 bits per heavy atom. The molecule has 0 saturated heterocycles. The number of thioether (sulfide) groups is 1. The standard InChI is InChI=1S/C28H25N5O5S/c1-29-25-24(18-8-6-10-21(12-18)36-2)32-28(33-26(25)34)39-16-17-7-5-9-19(11-17)30-27(35)31-20-13-22(37-3)15-23(14-20)38-4/h5-15H,16H2,2-4H3,(H2,30,31,35)(H,32,33,34). The van der Waals surface area contributed by atoms with E-state index in [-0.39, 0.29) is 11.4 Å². The first-order chi connectivity index (χ1) is 18.9. The highest BCUT2D eigenvalue weighted by molar-refractivity contribution is 7.98. The Labute approximate surface area is 229 Å². The van der Waals surface area contributed by atoms with Gasteiger partial charge >= 0.3 is 6.03 Å². The molecule has 0 atom stereocenters. The minimum Gasteiger partial charge on any atom is -0.497 e. The van der Waals surface area contributed by atoms with Crippen LogP contribution in [0.3, 0.4) is 0 Å². The van der Waals surface area contributed by atoms with Crippen LogP contribution < -0.4 is 30.4 Å². The number of urea groups is 1. The zero-order chi connectivity index (χ0) is 27.8. The van der Waals surface area contributed by atoms with Crippen LogP contribution in [0.2, 0.25) is 0 Å². The Kier molecular flexibility index (Phi) is 8.71. The second-order valence-corrected chi connectivity index (χ2v) is 9.05. The van der Waals surface area contributed by atoms with Crippen LogP contribution in [0, 0.1) is 6.57 Å². The average molecular weight is 544 g/mol. The lowest BCUT2D eigenvalue weighted by Gasteiger charge is -2.12. The van der Waals surface area contributed by atoms with Gasteiger partial charge in [0.15, 0.2) is 5.16 Å². The molecule has 0 aliphatic heterocycles. The molecule has 2 amide bonds. The second kappa shape index (κ2) is 12.5. The van der Waals surface area contributed by atoms with Gasteiger partial charge in [-0.15, -0.1) is 0 Å². The van der Waals surface area contributed by atoms with Gasteiger partial charge < -0.3 is 29.8 Å². The van der Waals surface area contributed by atoms with E-state index in [0.29, 0.717) is 45.1 Å². The number of aromatic nitrogens is 2. The maximum Gasteiger partial charge on any atom is 0.323 e. The summed E-state index contributed by atoms with van der Waals surface area (Å²) in [5, 5.41) is 5.94. The van der Waals surface area contributed by atoms with Crippen molar-refractivity contribution in [3.8, 4) is 28.5 Å². The Morgan fingerprint density at radius 2 is 1.62 bits per heavy atom. The van der Waals surface area contributed by atoms with E-state index in [4.69, 9.17) is 20.8 Å². The number of methoxy groups -OCH3 is 3. The lowest BCUT2D eigenvalue weighted by molar-refractivity contribution is 0.262. The van der Waals surface area contributed by atoms with Gasteiger partial charge in [0, 0.05) is 35.3 Å². The molecule has 0 saturated carbocycles. The quantitative estimate of drug-likeness (QED) is 0.136. The number of nitrogens with zero attached hydrogens (tertiary/aromatic N) is 2. The van der Waals surface area contributed by atoms with E-state index in [1.807, 2.05) is 18.2 Å². The lowest BCUT2D eigenvalue weighted by Crippen LogP contribution is -2.19. The maximum absolute atomic E-state index is 12.6. The van der Waals surface area contributed by atoms with Gasteiger partial charge in [-0.05, 0) is 35.4 Å². The summed E-state index contributed by atoms with van der Waals surface area (Å²) in [5.41, 5.74) is 2.29. The summed E-state index contributed by atoms with van der Waals surface area (Å²) >= 11 is 1.31. The van der Waals surface area contributed by atoms with Crippen molar-refractivity contribution in [3.05, 3.63) is 94.1 Å². The van der Waals surface area contributed by atoms with E-state index in [1.54, 1.807) is 55.6 Å². The Balaban J connectivity index is 1.47. The first kappa shape index (κ1) is 27.1. The number of H-pyrrole nitrogens is 1. The van der Waals surface area contributed by atoms with Crippen LogP contribution in [0.15, 0.2) is 76.7 Å². The van der Waals surface area contributed by atoms with Gasteiger partial charge in [-0.3, -0.25) is 4.79 Å². The van der Waals surface area contributed by atoms with Gasteiger partial charge in [0.05, 0.1) is 33.6 Å². The number of carbonyl (C=O) groups is 1. The van der Waals surface area contributed by atoms with Crippen LogP contribution in [-0.4, -0.2) is 37.3 Å². The summed E-state index contributed by atoms with van der Waals surface area (Å²) in [6.07, 6.45) is 0. The van der Waals surface area contributed by atoms with Crippen molar-refractivity contribution in [3.63, 3.8) is 0 Å². The SMILES string of the molecule is [C-]#[N+]c1c(-c2cccc(OC)c2)nc(SCc2cccc(NC(=O)Nc3cc(OC)cc(OC)c3)c2)[nH]c1=O. The monoisotopic (exact) mass is 543 g/mol. The number of nitrogens with one attached hydrogen (secondary N) is 3. The molecule has 198 valence electrons. The van der Waals surface area contributed by atoms with Crippen molar-refractivity contribution in [1.82, 2.24) is 9.97 Å². The molecule has 4 rings (SSSR count). The van der Waals surface area contributed by atoms with Crippen LogP contribution >= 0.6 is 11.8 Å². The highest BCUT2D eigenvalue weighted by Crippen LogP contribution is 2.31. The van der Waals surface area contributed by atoms with E-state index in [9.17, 15) is 9.59 Å². The molecule has 10 nitrogen and oxygen atoms in total. The molecule has 4 aromatic rings. The van der Waals surface area contributed by atoms with Gasteiger partial charge in [-0.1, -0.05) is 36.0 Å². The molecule has 39 heavy (non-hydrogen) atoms. The fourth-order valence-corrected chi connectivity index (χ4v) is 4.46. The molecule has 0 spiro atoms. The minimum atomic E-state index is -0.512. The molecular formula is C28H25N5O5S. The molecule has 1 heterocycles. The number of ether oxygens (including phenoxy) is 3. The van der Waals surface area contributed by atoms with Crippen LogP contribution in [0.1, 0.15) is 5.56 Å². The zero-order valence-corrected chi connectivity index (χ0v) is 22.2. The van der Waals surface area contributed by atoms with E-state index in [0.717, 1.165) is 5.56 Å². The molecule has 11 heteroatoms. The summed E-state index contributed by atoms with van der Waals surface area (Å²) in [4.78, 5) is 35.8. The van der Waals surface area contributed by atoms with Crippen molar-refractivity contribution < 1.29 is 19.0 Å². The van der Waals surface area contributed by atoms with E-state index < -0.39 is 11.6 Å². The molecule has 3 aromatic carbocycles. The highest BCUT2D eigenvalue weighted by atomic mass is 32.2. The number of carbonyl (C=O) groups excluding carboxylic acids is 1. The Hall–Kier alpha value is -4.95. The molecule has 0 radical (unpaired) electrons. The van der Waals surface area contributed by atoms with E-state index in [1.165, 1.54) is 26.0 Å². The third-order valence-corrected chi connectivity index (χ3v) is 6.44. The van der Waals surface area contributed by atoms with Gasteiger partial charge in [0.25, 0.3) is 11.2 Å². The number of anilines is 2. The minimum absolute atomic E-state index is 0.0848. The molecule has 0 unspecified atom stereocenters. The zero-order valence-electron chi connectivity index (χ0n) is 21.4. The van der Waals surface area contributed by atoms with Gasteiger partial charge in [0.2, 0.25) is 0 Å². The molecule has 0 fully saturated rings. The Bertz CT molecular complexity index is 1580. The van der Waals surface area contributed by atoms with Crippen LogP contribution in [0.25, 0.3) is 16.1 Å². The molecule has 1 aromatic heterocycles. The van der Waals surface area contributed by atoms with Gasteiger partial charge in [0.1, 0.15) is 17.2 Å². The topological polar surface area (TPSA) is 119 Å². The summed E-state index contributed by atoms with van der Waals surface area (Å²) < 4.78 is 15.7. The van der Waals surface area contributed by atoms with Crippen molar-refractivity contribution in [1.29, 1.82) is 0 Å². The number of hydrogen-bond acceptors (Lipinski definition) is 7. The third kappa shape index (κ3) is 6.88. The predicted octanol–water partition coefficient (Wildman–Crippen LogP) is 5.95. The number of benzene rings is 3. The van der Waals surface area contributed by atoms with Crippen molar-refractivity contribution in [2.24, 2.45) is 0 Å². The van der Waals surface area contributed by atoms with E-state index in [2.05, 4.69) is 25.4 Å². The van der Waals surface area contributed by atoms with Crippen LogP contribution in [0.5, 0.6) is 17.2 Å². The highest BCUT2D eigenvalue weighted by Gasteiger charge is 2.15. The number of amides is 2. The number of rotatable bonds is 9. The first-order valence-corrected chi connectivity index (χ1v) is 12.6. The van der Waals surface area contributed by atoms with Crippen LogP contribution in [0.4, 0.5) is 21.9 Å². The summed E-state index contributed by atoms with van der Waals surface area (Å²) in [6, 6.07) is 19.0. The van der Waals surface area contributed by atoms with Crippen molar-refractivity contribution >= 4 is 34.9 Å². The fraction of sp³-hybridized carbons (Fsp3) is 0.143. The maximum atomic E-state index is 12.6. The third-order valence-electron chi connectivity index (χ3n) is 5.50. The smallest absolute Gasteiger partial charge is 0.323 e. The predicted molar refractivity (Wildman–Crippen MR) is 151 cm³/mol. The van der Waals surface area contributed by atoms with Gasteiger partial charge in [-0.25, -0.2) is 14.6 Å². The molecular weight excluding hydrogens is 518 g/mol. The first-order valence-electron chi connectivity index (χ1n) is 11.6. The summed E-state index contributed by atoms with van der Waals surface area (Å²) in [7, 11) is 4.61. The molecule has 0 aliphatic carbocycles. The van der Waals surface area contributed by atoms with Crippen molar-refractivity contribution in [2.75, 3.05) is 32.0 Å². The second-order valence-electron chi connectivity index (χ2n) is 8.08. The largest absolute Gasteiger partial charge is 0.497 e. The fourth-order valence-electron chi connectivity index (χ4n) is 3.65. The number of aromatic amines is 1. The van der Waals surface area contributed by atoms with Gasteiger partial charge in [-0.2, -0.15) is 0 Å². The van der Waals surface area contributed by atoms with E-state index >= 15 is 0 Å².